The Morgan fingerprint density at radius 2 is 1.95 bits per heavy atom. The Morgan fingerprint density at radius 1 is 1.21 bits per heavy atom. The Kier molecular flexibility index (Phi) is 7.09. The van der Waals surface area contributed by atoms with E-state index < -0.39 is 15.1 Å². The molecule has 4 aliphatic rings. The van der Waals surface area contributed by atoms with E-state index in [1.54, 1.807) is 30.4 Å². The number of rotatable bonds is 5. The van der Waals surface area contributed by atoms with Crippen molar-refractivity contribution in [1.29, 1.82) is 0 Å². The molecule has 0 saturated carbocycles. The van der Waals surface area contributed by atoms with Gasteiger partial charge in [0.1, 0.15) is 0 Å². The molecule has 2 aliphatic heterocycles. The molecule has 2 fully saturated rings. The number of fused-ring (bicyclic) bond motifs is 1. The second-order valence-electron chi connectivity index (χ2n) is 10.8. The van der Waals surface area contributed by atoms with Crippen molar-refractivity contribution in [3.05, 3.63) is 81.7 Å². The number of hydrogen-bond acceptors (Lipinski definition) is 4. The number of H-pyrrole nitrogens is 1. The van der Waals surface area contributed by atoms with Crippen molar-refractivity contribution in [3.63, 3.8) is 0 Å². The summed E-state index contributed by atoms with van der Waals surface area (Å²) in [7, 11) is -1.35. The van der Waals surface area contributed by atoms with Gasteiger partial charge in [0.2, 0.25) is 0 Å². The van der Waals surface area contributed by atoms with E-state index in [1.165, 1.54) is 4.90 Å². The van der Waals surface area contributed by atoms with E-state index in [9.17, 15) is 18.0 Å². The molecule has 38 heavy (non-hydrogen) atoms. The third kappa shape index (κ3) is 5.09. The molecule has 0 spiro atoms. The first-order valence-corrected chi connectivity index (χ1v) is 14.9. The first-order chi connectivity index (χ1) is 18.0. The van der Waals surface area contributed by atoms with E-state index in [2.05, 4.69) is 17.3 Å². The number of aromatic nitrogens is 1. The van der Waals surface area contributed by atoms with E-state index in [-0.39, 0.29) is 17.6 Å². The van der Waals surface area contributed by atoms with Crippen LogP contribution in [0.25, 0.3) is 6.08 Å². The van der Waals surface area contributed by atoms with Gasteiger partial charge in [0.15, 0.2) is 9.84 Å². The maximum atomic E-state index is 13.3. The predicted molar refractivity (Wildman–Crippen MR) is 147 cm³/mol. The Bertz CT molecular complexity index is 1450. The maximum absolute atomic E-state index is 13.3. The summed E-state index contributed by atoms with van der Waals surface area (Å²) in [5.74, 6) is -0.303. The highest BCUT2D eigenvalue weighted by molar-refractivity contribution is 7.92. The number of carbonyl (C=O) groups is 2. The number of nitrogens with zero attached hydrogens (tertiary/aromatic N) is 1. The summed E-state index contributed by atoms with van der Waals surface area (Å²) in [5.41, 5.74) is 6.10. The SMILES string of the molecule is [CH]C1=CC=C(CS(=O)(=O)C2C=C3C(=CC2)NC(=O)/C3=C\c2[nH]c(C)c(C(=O)N3CC[NH+](C)CC3)c2C)CC1. The smallest absolute Gasteiger partial charge is 0.256 e. The van der Waals surface area contributed by atoms with Crippen molar-refractivity contribution in [1.82, 2.24) is 15.2 Å². The van der Waals surface area contributed by atoms with Gasteiger partial charge in [-0.3, -0.25) is 9.59 Å². The lowest BCUT2D eigenvalue weighted by atomic mass is 9.98. The normalized spacial score (nSPS) is 23.5. The monoisotopic (exact) mass is 535 g/mol. The Balaban J connectivity index is 1.42. The minimum absolute atomic E-state index is 0.00140. The highest BCUT2D eigenvalue weighted by atomic mass is 32.2. The van der Waals surface area contributed by atoms with Crippen molar-refractivity contribution in [3.8, 4) is 0 Å². The van der Waals surface area contributed by atoms with Gasteiger partial charge in [0.25, 0.3) is 11.8 Å². The molecule has 2 aliphatic carbocycles. The lowest BCUT2D eigenvalue weighted by Crippen LogP contribution is -3.12. The lowest BCUT2D eigenvalue weighted by Gasteiger charge is -2.30. The van der Waals surface area contributed by atoms with Crippen LogP contribution in [0.5, 0.6) is 0 Å². The Hall–Kier alpha value is -3.17. The second-order valence-corrected chi connectivity index (χ2v) is 13.0. The average molecular weight is 536 g/mol. The van der Waals surface area contributed by atoms with Gasteiger partial charge in [-0.15, -0.1) is 0 Å². The number of amides is 2. The minimum atomic E-state index is -3.48. The molecule has 3 heterocycles. The number of piperazine rings is 1. The standard InChI is InChI=1S/C29H34N4O4S/c1-18-5-7-21(8-6-18)17-38(36,37)22-9-10-25-23(15-22)24(28(34)31-25)16-26-19(2)27(20(3)30-26)29(35)33-13-11-32(4)12-14-33/h1,5,7,10,15-16,22,30H,6,8-9,11-14,17H2,2-4H3,(H,31,34)/p+1/b24-16-. The van der Waals surface area contributed by atoms with Crippen LogP contribution < -0.4 is 10.2 Å². The summed E-state index contributed by atoms with van der Waals surface area (Å²) in [6.07, 6.45) is 10.4. The van der Waals surface area contributed by atoms with E-state index >= 15 is 0 Å². The predicted octanol–water partition coefficient (Wildman–Crippen LogP) is 1.47. The van der Waals surface area contributed by atoms with Crippen LogP contribution in [0.1, 0.15) is 46.6 Å². The molecular weight excluding hydrogens is 500 g/mol. The first-order valence-electron chi connectivity index (χ1n) is 13.1. The molecule has 5 rings (SSSR count). The van der Waals surface area contributed by atoms with E-state index in [0.717, 1.165) is 35.5 Å². The van der Waals surface area contributed by atoms with Crippen LogP contribution >= 0.6 is 0 Å². The molecule has 1 aromatic rings. The number of likely N-dealkylation sites (N-methyl/N-ethyl adjacent to an activating group) is 1. The molecule has 8 nitrogen and oxygen atoms in total. The Labute approximate surface area is 224 Å². The fourth-order valence-corrected chi connectivity index (χ4v) is 7.27. The first kappa shape index (κ1) is 26.4. The summed E-state index contributed by atoms with van der Waals surface area (Å²) >= 11 is 0. The van der Waals surface area contributed by atoms with Gasteiger partial charge in [0.05, 0.1) is 55.4 Å². The molecule has 0 aromatic carbocycles. The van der Waals surface area contributed by atoms with Crippen molar-refractivity contribution >= 4 is 27.7 Å². The van der Waals surface area contributed by atoms with Crippen molar-refractivity contribution < 1.29 is 22.9 Å². The molecule has 2 amide bonds. The van der Waals surface area contributed by atoms with E-state index in [4.69, 9.17) is 6.92 Å². The van der Waals surface area contributed by atoms with E-state index in [0.29, 0.717) is 60.5 Å². The van der Waals surface area contributed by atoms with Crippen LogP contribution in [0.4, 0.5) is 0 Å². The van der Waals surface area contributed by atoms with Crippen LogP contribution in [-0.4, -0.2) is 74.3 Å². The summed E-state index contributed by atoms with van der Waals surface area (Å²) in [4.78, 5) is 32.8. The molecule has 3 N–H and O–H groups in total. The third-order valence-corrected chi connectivity index (χ3v) is 10.0. The molecule has 1 unspecified atom stereocenters. The zero-order valence-electron chi connectivity index (χ0n) is 22.2. The van der Waals surface area contributed by atoms with Crippen LogP contribution in [-0.2, 0) is 14.6 Å². The lowest BCUT2D eigenvalue weighted by molar-refractivity contribution is -0.883. The number of quaternary nitrogens is 1. The topological polar surface area (TPSA) is 104 Å². The largest absolute Gasteiger partial charge is 0.358 e. The minimum Gasteiger partial charge on any atom is -0.358 e. The summed E-state index contributed by atoms with van der Waals surface area (Å²) < 4.78 is 26.6. The van der Waals surface area contributed by atoms with Crippen molar-refractivity contribution in [2.75, 3.05) is 39.0 Å². The molecule has 9 heteroatoms. The third-order valence-electron chi connectivity index (χ3n) is 7.98. The highest BCUT2D eigenvalue weighted by Gasteiger charge is 2.35. The van der Waals surface area contributed by atoms with Crippen molar-refractivity contribution in [2.24, 2.45) is 0 Å². The Morgan fingerprint density at radius 3 is 2.63 bits per heavy atom. The molecule has 2 radical (unpaired) electrons. The number of aryl methyl sites for hydroxylation is 1. The summed E-state index contributed by atoms with van der Waals surface area (Å²) in [5, 5.41) is 2.15. The fourth-order valence-electron chi connectivity index (χ4n) is 5.56. The van der Waals surface area contributed by atoms with Gasteiger partial charge < -0.3 is 20.1 Å². The van der Waals surface area contributed by atoms with Gasteiger partial charge in [-0.25, -0.2) is 8.42 Å². The summed E-state index contributed by atoms with van der Waals surface area (Å²) in [6, 6.07) is 0. The quantitative estimate of drug-likeness (QED) is 0.497. The zero-order valence-corrected chi connectivity index (χ0v) is 23.0. The van der Waals surface area contributed by atoms with Gasteiger partial charge in [-0.1, -0.05) is 35.5 Å². The van der Waals surface area contributed by atoms with Crippen LogP contribution in [0.2, 0.25) is 0 Å². The average Bonchev–Trinajstić information content (AvgIpc) is 3.34. The van der Waals surface area contributed by atoms with Crippen LogP contribution in [0.15, 0.2) is 52.3 Å². The zero-order chi connectivity index (χ0) is 27.2. The molecule has 0 bridgehead atoms. The molecule has 200 valence electrons. The van der Waals surface area contributed by atoms with Gasteiger partial charge >= 0.3 is 0 Å². The van der Waals surface area contributed by atoms with Gasteiger partial charge in [-0.05, 0) is 51.7 Å². The number of sulfone groups is 1. The maximum Gasteiger partial charge on any atom is 0.256 e. The van der Waals surface area contributed by atoms with E-state index in [1.807, 2.05) is 18.7 Å². The van der Waals surface area contributed by atoms with Crippen LogP contribution in [0.3, 0.4) is 0 Å². The van der Waals surface area contributed by atoms with Gasteiger partial charge in [0, 0.05) is 22.7 Å². The number of hydrogen-bond donors (Lipinski definition) is 3. The molecule has 1 aromatic heterocycles. The highest BCUT2D eigenvalue weighted by Crippen LogP contribution is 2.35. The number of carbonyl (C=O) groups excluding carboxylic acids is 2. The van der Waals surface area contributed by atoms with Crippen LogP contribution in [0, 0.1) is 20.8 Å². The summed E-state index contributed by atoms with van der Waals surface area (Å²) in [6.45, 7) is 12.8. The number of allylic oxidation sites excluding steroid dienone is 5. The number of aromatic amines is 1. The van der Waals surface area contributed by atoms with Crippen molar-refractivity contribution in [2.45, 2.75) is 38.4 Å². The molecule has 2 saturated heterocycles. The van der Waals surface area contributed by atoms with Gasteiger partial charge in [-0.2, -0.15) is 0 Å². The number of nitrogens with one attached hydrogen (secondary N) is 3. The molecular formula is C29H35N4O4S+. The molecule has 1 atom stereocenters. The fraction of sp³-hybridized carbons (Fsp3) is 0.414. The second kappa shape index (κ2) is 10.2.